The van der Waals surface area contributed by atoms with Crippen LogP contribution in [0.5, 0.6) is 11.5 Å². The second kappa shape index (κ2) is 7.88. The highest BCUT2D eigenvalue weighted by Gasteiger charge is 2.22. The third-order valence-electron chi connectivity index (χ3n) is 3.72. The molecule has 2 aromatic carbocycles. The molecule has 0 aromatic heterocycles. The summed E-state index contributed by atoms with van der Waals surface area (Å²) >= 11 is 6.03. The fraction of sp³-hybridized carbons (Fsp3) is 0.294. The van der Waals surface area contributed by atoms with Crippen LogP contribution in [-0.2, 0) is 16.4 Å². The van der Waals surface area contributed by atoms with Crippen LogP contribution in [0.2, 0.25) is 5.02 Å². The molecule has 0 spiro atoms. The Bertz CT molecular complexity index is 808. The molecule has 0 N–H and O–H groups in total. The van der Waals surface area contributed by atoms with Gasteiger partial charge in [-0.25, -0.2) is 12.7 Å². The number of hydrogen-bond acceptors (Lipinski definition) is 4. The van der Waals surface area contributed by atoms with Gasteiger partial charge in [-0.05, 0) is 36.2 Å². The Morgan fingerprint density at radius 1 is 1.04 bits per heavy atom. The number of likely N-dealkylation sites (N-methyl/N-ethyl adjacent to an activating group) is 1. The summed E-state index contributed by atoms with van der Waals surface area (Å²) in [6.45, 7) is 0.326. The molecule has 0 bridgehead atoms. The highest BCUT2D eigenvalue weighted by Crippen LogP contribution is 2.28. The lowest BCUT2D eigenvalue weighted by Gasteiger charge is -2.18. The van der Waals surface area contributed by atoms with Gasteiger partial charge in [0.2, 0.25) is 10.0 Å². The number of hydrogen-bond donors (Lipinski definition) is 0. The van der Waals surface area contributed by atoms with E-state index in [9.17, 15) is 8.42 Å². The van der Waals surface area contributed by atoms with Crippen molar-refractivity contribution < 1.29 is 17.9 Å². The van der Waals surface area contributed by atoms with Crippen LogP contribution in [0.3, 0.4) is 0 Å². The lowest BCUT2D eigenvalue weighted by molar-refractivity contribution is 0.405. The van der Waals surface area contributed by atoms with Crippen molar-refractivity contribution in [2.24, 2.45) is 0 Å². The molecule has 0 saturated carbocycles. The molecule has 0 aliphatic heterocycles. The molecule has 2 aromatic rings. The van der Waals surface area contributed by atoms with Gasteiger partial charge in [-0.3, -0.25) is 0 Å². The van der Waals surface area contributed by atoms with Crippen LogP contribution in [-0.4, -0.2) is 40.5 Å². The van der Waals surface area contributed by atoms with Gasteiger partial charge in [0.05, 0.1) is 24.1 Å². The van der Waals surface area contributed by atoms with Crippen molar-refractivity contribution in [2.45, 2.75) is 11.3 Å². The molecule has 0 radical (unpaired) electrons. The van der Waals surface area contributed by atoms with E-state index in [-0.39, 0.29) is 9.92 Å². The summed E-state index contributed by atoms with van der Waals surface area (Å²) in [5.41, 5.74) is 0.954. The van der Waals surface area contributed by atoms with E-state index in [1.165, 1.54) is 23.5 Å². The van der Waals surface area contributed by atoms with Crippen LogP contribution in [0.15, 0.2) is 47.4 Å². The molecular weight excluding hydrogens is 350 g/mol. The standard InChI is InChI=1S/C17H20ClNO4S/c1-19(11-10-13-6-4-5-7-16(13)22-2)24(20,21)14-8-9-17(23-3)15(18)12-14/h4-9,12H,10-11H2,1-3H3. The quantitative estimate of drug-likeness (QED) is 0.752. The number of halogens is 1. The minimum absolute atomic E-state index is 0.135. The van der Waals surface area contributed by atoms with Crippen molar-refractivity contribution in [3.05, 3.63) is 53.1 Å². The maximum Gasteiger partial charge on any atom is 0.242 e. The summed E-state index contributed by atoms with van der Waals surface area (Å²) in [6.07, 6.45) is 0.545. The second-order valence-corrected chi connectivity index (χ2v) is 7.64. The van der Waals surface area contributed by atoms with E-state index in [4.69, 9.17) is 21.1 Å². The summed E-state index contributed by atoms with van der Waals surface area (Å²) < 4.78 is 37.0. The Balaban J connectivity index is 2.16. The van der Waals surface area contributed by atoms with E-state index in [2.05, 4.69) is 0 Å². The van der Waals surface area contributed by atoms with Crippen molar-refractivity contribution >= 4 is 21.6 Å². The van der Waals surface area contributed by atoms with Gasteiger partial charge >= 0.3 is 0 Å². The molecule has 0 fully saturated rings. The maximum absolute atomic E-state index is 12.7. The maximum atomic E-state index is 12.7. The predicted octanol–water partition coefficient (Wildman–Crippen LogP) is 3.22. The zero-order valence-corrected chi connectivity index (χ0v) is 15.4. The summed E-state index contributed by atoms with van der Waals surface area (Å²) in [7, 11) is 0.998. The highest BCUT2D eigenvalue weighted by molar-refractivity contribution is 7.89. The van der Waals surface area contributed by atoms with E-state index in [0.717, 1.165) is 11.3 Å². The van der Waals surface area contributed by atoms with Crippen LogP contribution < -0.4 is 9.47 Å². The smallest absolute Gasteiger partial charge is 0.242 e. The molecule has 7 heteroatoms. The van der Waals surface area contributed by atoms with Gasteiger partial charge in [0.25, 0.3) is 0 Å². The van der Waals surface area contributed by atoms with E-state index in [0.29, 0.717) is 18.7 Å². The summed E-state index contributed by atoms with van der Waals surface area (Å²) in [6, 6.07) is 12.0. The first kappa shape index (κ1) is 18.6. The van der Waals surface area contributed by atoms with E-state index >= 15 is 0 Å². The molecule has 0 aliphatic carbocycles. The van der Waals surface area contributed by atoms with Gasteiger partial charge in [0.1, 0.15) is 11.5 Å². The third kappa shape index (κ3) is 4.01. The molecule has 0 saturated heterocycles. The zero-order valence-electron chi connectivity index (χ0n) is 13.8. The first-order chi connectivity index (χ1) is 11.4. The largest absolute Gasteiger partial charge is 0.496 e. The summed E-state index contributed by atoms with van der Waals surface area (Å²) in [5, 5.41) is 0.261. The van der Waals surface area contributed by atoms with E-state index in [1.54, 1.807) is 20.2 Å². The van der Waals surface area contributed by atoms with Crippen molar-refractivity contribution in [3.8, 4) is 11.5 Å². The highest BCUT2D eigenvalue weighted by atomic mass is 35.5. The number of rotatable bonds is 7. The number of ether oxygens (including phenoxy) is 2. The number of sulfonamides is 1. The van der Waals surface area contributed by atoms with Gasteiger partial charge in [-0.1, -0.05) is 29.8 Å². The number of benzene rings is 2. The lowest BCUT2D eigenvalue weighted by atomic mass is 10.1. The molecule has 0 heterocycles. The van der Waals surface area contributed by atoms with Crippen molar-refractivity contribution in [1.82, 2.24) is 4.31 Å². The first-order valence-corrected chi connectivity index (χ1v) is 9.13. The molecule has 130 valence electrons. The number of nitrogens with zero attached hydrogens (tertiary/aromatic N) is 1. The average Bonchev–Trinajstić information content (AvgIpc) is 2.59. The van der Waals surface area contributed by atoms with Gasteiger partial charge in [0, 0.05) is 13.6 Å². The van der Waals surface area contributed by atoms with Crippen LogP contribution >= 0.6 is 11.6 Å². The molecule has 2 rings (SSSR count). The minimum Gasteiger partial charge on any atom is -0.496 e. The lowest BCUT2D eigenvalue weighted by Crippen LogP contribution is -2.29. The van der Waals surface area contributed by atoms with Crippen molar-refractivity contribution in [3.63, 3.8) is 0 Å². The van der Waals surface area contributed by atoms with Gasteiger partial charge in [-0.15, -0.1) is 0 Å². The number of methoxy groups -OCH3 is 2. The van der Waals surface area contributed by atoms with Crippen LogP contribution in [0.25, 0.3) is 0 Å². The molecule has 24 heavy (non-hydrogen) atoms. The molecule has 0 unspecified atom stereocenters. The fourth-order valence-corrected chi connectivity index (χ4v) is 3.82. The van der Waals surface area contributed by atoms with E-state index < -0.39 is 10.0 Å². The van der Waals surface area contributed by atoms with Crippen LogP contribution in [0.1, 0.15) is 5.56 Å². The molecular formula is C17H20ClNO4S. The SMILES string of the molecule is COc1ccc(S(=O)(=O)N(C)CCc2ccccc2OC)cc1Cl. The topological polar surface area (TPSA) is 55.8 Å². The Kier molecular flexibility index (Phi) is 6.10. The van der Waals surface area contributed by atoms with Crippen LogP contribution in [0.4, 0.5) is 0 Å². The summed E-state index contributed by atoms with van der Waals surface area (Å²) in [5.74, 6) is 1.18. The minimum atomic E-state index is -3.62. The molecule has 0 atom stereocenters. The zero-order chi connectivity index (χ0) is 17.7. The number of para-hydroxylation sites is 1. The fourth-order valence-electron chi connectivity index (χ4n) is 2.30. The van der Waals surface area contributed by atoms with Gasteiger partial charge < -0.3 is 9.47 Å². The third-order valence-corrected chi connectivity index (χ3v) is 5.87. The Morgan fingerprint density at radius 3 is 2.33 bits per heavy atom. The van der Waals surface area contributed by atoms with Gasteiger partial charge in [-0.2, -0.15) is 0 Å². The first-order valence-electron chi connectivity index (χ1n) is 7.32. The van der Waals surface area contributed by atoms with Crippen molar-refractivity contribution in [2.75, 3.05) is 27.8 Å². The molecule has 0 aliphatic rings. The molecule has 0 amide bonds. The van der Waals surface area contributed by atoms with Crippen molar-refractivity contribution in [1.29, 1.82) is 0 Å². The Labute approximate surface area is 147 Å². The average molecular weight is 370 g/mol. The molecule has 5 nitrogen and oxygen atoms in total. The predicted molar refractivity (Wildman–Crippen MR) is 94.5 cm³/mol. The summed E-state index contributed by atoms with van der Waals surface area (Å²) in [4.78, 5) is 0.135. The normalized spacial score (nSPS) is 11.5. The Morgan fingerprint density at radius 2 is 1.71 bits per heavy atom. The van der Waals surface area contributed by atoms with E-state index in [1.807, 2.05) is 24.3 Å². The second-order valence-electron chi connectivity index (χ2n) is 5.18. The monoisotopic (exact) mass is 369 g/mol. The van der Waals surface area contributed by atoms with Gasteiger partial charge in [0.15, 0.2) is 0 Å². The Hall–Kier alpha value is -1.76. The van der Waals surface area contributed by atoms with Crippen LogP contribution in [0, 0.1) is 0 Å².